The summed E-state index contributed by atoms with van der Waals surface area (Å²) in [6, 6.07) is 35.4. The van der Waals surface area contributed by atoms with Gasteiger partial charge in [0.05, 0.1) is 6.42 Å². The van der Waals surface area contributed by atoms with Gasteiger partial charge in [0.1, 0.15) is 5.75 Å². The van der Waals surface area contributed by atoms with Gasteiger partial charge in [-0.1, -0.05) is 124 Å². The molecule has 0 bridgehead atoms. The Hall–Kier alpha value is -3.63. The summed E-state index contributed by atoms with van der Waals surface area (Å²) in [4.78, 5) is 24.7. The minimum Gasteiger partial charge on any atom is -0.426 e. The third kappa shape index (κ3) is 10.0. The largest absolute Gasteiger partial charge is 0.426 e. The van der Waals surface area contributed by atoms with Gasteiger partial charge in [-0.3, -0.25) is 9.59 Å². The molecule has 0 spiro atoms. The zero-order chi connectivity index (χ0) is 27.3. The Morgan fingerprint density at radius 2 is 1.05 bits per heavy atom. The van der Waals surface area contributed by atoms with Gasteiger partial charge < -0.3 is 4.74 Å². The Morgan fingerprint density at radius 3 is 1.53 bits per heavy atom. The molecule has 0 aromatic heterocycles. The van der Waals surface area contributed by atoms with E-state index in [1.165, 1.54) is 22.9 Å². The van der Waals surface area contributed by atoms with Crippen molar-refractivity contribution in [1.29, 1.82) is 0 Å². The van der Waals surface area contributed by atoms with E-state index < -0.39 is 0 Å². The van der Waals surface area contributed by atoms with E-state index in [1.54, 1.807) is 12.1 Å². The molecule has 0 aliphatic rings. The standard InChI is InChI=1S/C17H18O2.C17H18OS/c2*1-13(2)15-10-8-14(9-11-15)12-17(18)19-16-6-4-3-5-7-16/h2*3-11,13H,12H2,1-2H3. The van der Waals surface area contributed by atoms with Gasteiger partial charge in [-0.25, -0.2) is 0 Å². The van der Waals surface area contributed by atoms with Crippen LogP contribution in [0.2, 0.25) is 0 Å². The second-order valence-corrected chi connectivity index (χ2v) is 10.9. The molecule has 0 unspecified atom stereocenters. The molecule has 0 saturated carbocycles. The molecule has 0 N–H and O–H groups in total. The van der Waals surface area contributed by atoms with E-state index >= 15 is 0 Å². The van der Waals surface area contributed by atoms with E-state index in [2.05, 4.69) is 64.1 Å². The molecular formula is C34H36O3S. The van der Waals surface area contributed by atoms with Crippen LogP contribution in [0.4, 0.5) is 0 Å². The zero-order valence-electron chi connectivity index (χ0n) is 22.6. The summed E-state index contributed by atoms with van der Waals surface area (Å²) < 4.78 is 5.26. The van der Waals surface area contributed by atoms with Gasteiger partial charge in [0.2, 0.25) is 0 Å². The predicted molar refractivity (Wildman–Crippen MR) is 158 cm³/mol. The van der Waals surface area contributed by atoms with Crippen molar-refractivity contribution in [2.75, 3.05) is 0 Å². The third-order valence-corrected chi connectivity index (χ3v) is 6.82. The number of hydrogen-bond acceptors (Lipinski definition) is 4. The normalized spacial score (nSPS) is 10.6. The highest BCUT2D eigenvalue weighted by molar-refractivity contribution is 8.13. The van der Waals surface area contributed by atoms with Crippen LogP contribution in [0.3, 0.4) is 0 Å². The molecule has 0 aliphatic heterocycles. The van der Waals surface area contributed by atoms with Gasteiger partial charge in [-0.2, -0.15) is 0 Å². The van der Waals surface area contributed by atoms with Crippen molar-refractivity contribution in [3.63, 3.8) is 0 Å². The van der Waals surface area contributed by atoms with Gasteiger partial charge in [0.15, 0.2) is 5.12 Å². The highest BCUT2D eigenvalue weighted by Gasteiger charge is 2.08. The van der Waals surface area contributed by atoms with Crippen molar-refractivity contribution in [3.8, 4) is 5.75 Å². The number of benzene rings is 4. The Labute approximate surface area is 231 Å². The molecule has 3 nitrogen and oxygen atoms in total. The second kappa shape index (κ2) is 14.9. The number of para-hydroxylation sites is 1. The van der Waals surface area contributed by atoms with Crippen LogP contribution in [0.25, 0.3) is 0 Å². The maximum atomic E-state index is 12.0. The van der Waals surface area contributed by atoms with Crippen molar-refractivity contribution in [2.45, 2.75) is 57.3 Å². The first-order chi connectivity index (χ1) is 18.3. The Kier molecular flexibility index (Phi) is 11.4. The van der Waals surface area contributed by atoms with Crippen LogP contribution >= 0.6 is 11.8 Å². The fourth-order valence-electron chi connectivity index (χ4n) is 3.69. The van der Waals surface area contributed by atoms with Crippen LogP contribution in [-0.4, -0.2) is 11.1 Å². The summed E-state index contributed by atoms with van der Waals surface area (Å²) >= 11 is 1.31. The molecule has 0 radical (unpaired) electrons. The number of carbonyl (C=O) groups is 2. The smallest absolute Gasteiger partial charge is 0.315 e. The topological polar surface area (TPSA) is 43.4 Å². The molecule has 0 aliphatic carbocycles. The van der Waals surface area contributed by atoms with Crippen LogP contribution < -0.4 is 4.74 Å². The maximum Gasteiger partial charge on any atom is 0.315 e. The maximum absolute atomic E-state index is 12.0. The Bertz CT molecular complexity index is 1160. The van der Waals surface area contributed by atoms with Crippen LogP contribution in [0.15, 0.2) is 114 Å². The molecule has 4 rings (SSSR count). The molecule has 0 heterocycles. The number of esters is 1. The molecule has 38 heavy (non-hydrogen) atoms. The predicted octanol–water partition coefficient (Wildman–Crippen LogP) is 8.63. The molecule has 4 aromatic carbocycles. The molecule has 196 valence electrons. The summed E-state index contributed by atoms with van der Waals surface area (Å²) in [6.45, 7) is 8.65. The van der Waals surface area contributed by atoms with Crippen molar-refractivity contribution < 1.29 is 14.3 Å². The number of carbonyl (C=O) groups excluding carboxylic acids is 2. The highest BCUT2D eigenvalue weighted by atomic mass is 32.2. The quantitative estimate of drug-likeness (QED) is 0.131. The summed E-state index contributed by atoms with van der Waals surface area (Å²) in [5.74, 6) is 1.39. The van der Waals surface area contributed by atoms with Crippen molar-refractivity contribution in [1.82, 2.24) is 0 Å². The lowest BCUT2D eigenvalue weighted by molar-refractivity contribution is -0.133. The monoisotopic (exact) mass is 524 g/mol. The van der Waals surface area contributed by atoms with Crippen LogP contribution in [0, 0.1) is 0 Å². The molecule has 4 heteroatoms. The average molecular weight is 525 g/mol. The molecule has 0 atom stereocenters. The van der Waals surface area contributed by atoms with Crippen molar-refractivity contribution >= 4 is 22.8 Å². The first-order valence-corrected chi connectivity index (χ1v) is 13.8. The third-order valence-electron chi connectivity index (χ3n) is 5.94. The minimum atomic E-state index is -0.233. The molecule has 4 aromatic rings. The van der Waals surface area contributed by atoms with Crippen molar-refractivity contribution in [2.24, 2.45) is 0 Å². The van der Waals surface area contributed by atoms with Crippen LogP contribution in [0.1, 0.15) is 61.8 Å². The Balaban J connectivity index is 0.000000211. The average Bonchev–Trinajstić information content (AvgIpc) is 2.91. The van der Waals surface area contributed by atoms with Gasteiger partial charge in [0.25, 0.3) is 0 Å². The van der Waals surface area contributed by atoms with Crippen LogP contribution in [0.5, 0.6) is 5.75 Å². The number of ether oxygens (including phenoxy) is 1. The lowest BCUT2D eigenvalue weighted by Crippen LogP contribution is -2.11. The highest BCUT2D eigenvalue weighted by Crippen LogP contribution is 2.21. The molecular weight excluding hydrogens is 488 g/mol. The fraction of sp³-hybridized carbons (Fsp3) is 0.235. The minimum absolute atomic E-state index is 0.184. The zero-order valence-corrected chi connectivity index (χ0v) is 23.4. The van der Waals surface area contributed by atoms with E-state index in [0.717, 1.165) is 16.0 Å². The van der Waals surface area contributed by atoms with E-state index in [0.29, 0.717) is 30.4 Å². The molecule has 0 fully saturated rings. The van der Waals surface area contributed by atoms with Gasteiger partial charge in [-0.05, 0) is 58.4 Å². The summed E-state index contributed by atoms with van der Waals surface area (Å²) in [5.41, 5.74) is 4.65. The number of thioether (sulfide) groups is 1. The summed E-state index contributed by atoms with van der Waals surface area (Å²) in [7, 11) is 0. The fourth-order valence-corrected chi connectivity index (χ4v) is 4.48. The first-order valence-electron chi connectivity index (χ1n) is 13.0. The van der Waals surface area contributed by atoms with Gasteiger partial charge >= 0.3 is 5.97 Å². The van der Waals surface area contributed by atoms with Gasteiger partial charge in [0, 0.05) is 11.3 Å². The van der Waals surface area contributed by atoms with Gasteiger partial charge in [-0.15, -0.1) is 0 Å². The van der Waals surface area contributed by atoms with Crippen LogP contribution in [-0.2, 0) is 22.4 Å². The van der Waals surface area contributed by atoms with E-state index in [1.807, 2.05) is 60.7 Å². The molecule has 0 saturated heterocycles. The summed E-state index contributed by atoms with van der Waals surface area (Å²) in [5, 5.41) is 0.184. The van der Waals surface area contributed by atoms with E-state index in [4.69, 9.17) is 4.74 Å². The van der Waals surface area contributed by atoms with E-state index in [-0.39, 0.29) is 11.1 Å². The summed E-state index contributed by atoms with van der Waals surface area (Å²) in [6.07, 6.45) is 0.783. The Morgan fingerprint density at radius 1 is 0.605 bits per heavy atom. The second-order valence-electron chi connectivity index (χ2n) is 9.72. The van der Waals surface area contributed by atoms with Crippen molar-refractivity contribution in [3.05, 3.63) is 131 Å². The lowest BCUT2D eigenvalue weighted by Gasteiger charge is -2.07. The number of hydrogen-bond donors (Lipinski definition) is 0. The first kappa shape index (κ1) is 28.9. The lowest BCUT2D eigenvalue weighted by atomic mass is 10.0. The van der Waals surface area contributed by atoms with E-state index in [9.17, 15) is 9.59 Å². The molecule has 0 amide bonds. The number of rotatable bonds is 8. The SMILES string of the molecule is CC(C)c1ccc(CC(=O)Oc2ccccc2)cc1.CC(C)c1ccc(CC(=O)Sc2ccccc2)cc1.